The molecule has 5 rings (SSSR count). The van der Waals surface area contributed by atoms with Crippen LogP contribution < -0.4 is 10.2 Å². The standard InChI is InChI=1S/C33H39ClN4O2/c1-5-23-12-13-24-8-7-11-29(25-9-6-10-26(34)22-25)30(24)36-31(23)35-27-14-16-28(17-15-27)37-18-20-38(21-19-37)32(39)40-33(2,3)4/h6-10,13-17,22,29,35H,5,11-12,18-21H2,1-4H3. The average Bonchev–Trinajstić information content (AvgIpc) is 3.11. The lowest BCUT2D eigenvalue weighted by atomic mass is 9.83. The van der Waals surface area contributed by atoms with Crippen molar-refractivity contribution >= 4 is 34.8 Å². The molecule has 210 valence electrons. The lowest BCUT2D eigenvalue weighted by molar-refractivity contribution is 0.0240. The molecule has 0 aromatic heterocycles. The van der Waals surface area contributed by atoms with E-state index < -0.39 is 5.60 Å². The Morgan fingerprint density at radius 3 is 2.52 bits per heavy atom. The highest BCUT2D eigenvalue weighted by Gasteiger charge is 2.27. The van der Waals surface area contributed by atoms with Gasteiger partial charge in [-0.15, -0.1) is 0 Å². The minimum Gasteiger partial charge on any atom is -0.444 e. The van der Waals surface area contributed by atoms with Crippen molar-refractivity contribution in [2.45, 2.75) is 58.5 Å². The lowest BCUT2D eigenvalue weighted by Gasteiger charge is -2.36. The lowest BCUT2D eigenvalue weighted by Crippen LogP contribution is -2.50. The zero-order chi connectivity index (χ0) is 28.3. The highest BCUT2D eigenvalue weighted by Crippen LogP contribution is 2.35. The van der Waals surface area contributed by atoms with Gasteiger partial charge in [0.05, 0.1) is 5.71 Å². The van der Waals surface area contributed by atoms with E-state index in [0.717, 1.165) is 60.3 Å². The summed E-state index contributed by atoms with van der Waals surface area (Å²) in [6, 6.07) is 16.6. The van der Waals surface area contributed by atoms with E-state index in [4.69, 9.17) is 21.3 Å². The van der Waals surface area contributed by atoms with E-state index in [2.05, 4.69) is 71.8 Å². The van der Waals surface area contributed by atoms with Crippen molar-refractivity contribution in [3.8, 4) is 0 Å². The molecule has 0 spiro atoms. The number of anilines is 2. The molecule has 1 unspecified atom stereocenters. The average molecular weight is 559 g/mol. The van der Waals surface area contributed by atoms with Gasteiger partial charge < -0.3 is 19.9 Å². The van der Waals surface area contributed by atoms with Crippen LogP contribution in [0.4, 0.5) is 16.2 Å². The van der Waals surface area contributed by atoms with E-state index in [1.54, 1.807) is 4.90 Å². The molecule has 7 heteroatoms. The zero-order valence-electron chi connectivity index (χ0n) is 23.9. The van der Waals surface area contributed by atoms with Crippen LogP contribution in [0.5, 0.6) is 0 Å². The van der Waals surface area contributed by atoms with Gasteiger partial charge in [0.1, 0.15) is 11.4 Å². The van der Waals surface area contributed by atoms with Gasteiger partial charge in [-0.1, -0.05) is 48.9 Å². The minimum absolute atomic E-state index is 0.171. The number of rotatable bonds is 5. The van der Waals surface area contributed by atoms with Crippen LogP contribution in [0.1, 0.15) is 58.4 Å². The smallest absolute Gasteiger partial charge is 0.410 e. The summed E-state index contributed by atoms with van der Waals surface area (Å²) in [7, 11) is 0. The first-order valence-corrected chi connectivity index (χ1v) is 14.6. The van der Waals surface area contributed by atoms with Gasteiger partial charge in [-0.05, 0) is 93.1 Å². The molecule has 2 aromatic carbocycles. The van der Waals surface area contributed by atoms with Crippen molar-refractivity contribution in [1.82, 2.24) is 4.90 Å². The molecule has 3 aliphatic rings. The maximum Gasteiger partial charge on any atom is 0.410 e. The molecule has 1 fully saturated rings. The number of halogens is 1. The van der Waals surface area contributed by atoms with Crippen LogP contribution in [0.25, 0.3) is 0 Å². The number of carbonyl (C=O) groups excluding carboxylic acids is 1. The molecule has 0 radical (unpaired) electrons. The number of nitrogens with one attached hydrogen (secondary N) is 1. The monoisotopic (exact) mass is 558 g/mol. The highest BCUT2D eigenvalue weighted by atomic mass is 35.5. The summed E-state index contributed by atoms with van der Waals surface area (Å²) in [4.78, 5) is 21.8. The van der Waals surface area contributed by atoms with Gasteiger partial charge in [0, 0.05) is 48.5 Å². The van der Waals surface area contributed by atoms with E-state index in [1.807, 2.05) is 32.9 Å². The Morgan fingerprint density at radius 2 is 1.85 bits per heavy atom. The topological polar surface area (TPSA) is 57.2 Å². The second-order valence-corrected chi connectivity index (χ2v) is 12.0. The fourth-order valence-electron chi connectivity index (χ4n) is 5.39. The number of benzene rings is 2. The van der Waals surface area contributed by atoms with E-state index in [1.165, 1.54) is 16.7 Å². The van der Waals surface area contributed by atoms with Gasteiger partial charge in [0.2, 0.25) is 0 Å². The van der Waals surface area contributed by atoms with Crippen molar-refractivity contribution in [3.05, 3.63) is 94.3 Å². The Hall–Kier alpha value is -3.51. The SMILES string of the molecule is CCC1=C(Nc2ccc(N3CCN(C(=O)OC(C)(C)C)CC3)cc2)N=C2C(=CC1)C=CCC2c1cccc(Cl)c1. The molecule has 2 aliphatic heterocycles. The number of amides is 1. The first-order chi connectivity index (χ1) is 19.2. The van der Waals surface area contributed by atoms with E-state index in [9.17, 15) is 4.79 Å². The maximum absolute atomic E-state index is 12.4. The molecule has 6 nitrogen and oxygen atoms in total. The van der Waals surface area contributed by atoms with Crippen LogP contribution >= 0.6 is 11.6 Å². The molecular weight excluding hydrogens is 520 g/mol. The van der Waals surface area contributed by atoms with E-state index in [-0.39, 0.29) is 12.0 Å². The number of allylic oxidation sites excluding steroid dienone is 5. The molecule has 0 bridgehead atoms. The van der Waals surface area contributed by atoms with Crippen LogP contribution in [0.3, 0.4) is 0 Å². The number of piperazine rings is 1. The first kappa shape index (κ1) is 28.0. The van der Waals surface area contributed by atoms with Crippen molar-refractivity contribution in [2.24, 2.45) is 4.99 Å². The van der Waals surface area contributed by atoms with Gasteiger partial charge in [-0.2, -0.15) is 0 Å². The normalized spacial score (nSPS) is 19.5. The molecule has 1 saturated heterocycles. The predicted octanol–water partition coefficient (Wildman–Crippen LogP) is 7.95. The van der Waals surface area contributed by atoms with Gasteiger partial charge in [0.15, 0.2) is 0 Å². The van der Waals surface area contributed by atoms with Crippen molar-refractivity contribution in [1.29, 1.82) is 0 Å². The van der Waals surface area contributed by atoms with Gasteiger partial charge >= 0.3 is 6.09 Å². The Morgan fingerprint density at radius 1 is 1.10 bits per heavy atom. The fraction of sp³-hybridized carbons (Fsp3) is 0.394. The molecule has 1 amide bonds. The quantitative estimate of drug-likeness (QED) is 0.404. The molecule has 2 aromatic rings. The second kappa shape index (κ2) is 11.9. The van der Waals surface area contributed by atoms with Gasteiger partial charge in [-0.3, -0.25) is 0 Å². The summed E-state index contributed by atoms with van der Waals surface area (Å²) in [5.41, 5.74) is 6.44. The van der Waals surface area contributed by atoms with Crippen LogP contribution in [-0.2, 0) is 4.74 Å². The Kier molecular flexibility index (Phi) is 8.36. The Bertz CT molecular complexity index is 1360. The van der Waals surface area contributed by atoms with Crippen LogP contribution in [0.2, 0.25) is 5.02 Å². The third-order valence-corrected chi connectivity index (χ3v) is 7.77. The minimum atomic E-state index is -0.478. The summed E-state index contributed by atoms with van der Waals surface area (Å²) >= 11 is 6.35. The number of carbonyl (C=O) groups is 1. The molecule has 2 heterocycles. The third-order valence-electron chi connectivity index (χ3n) is 7.53. The molecular formula is C33H39ClN4O2. The number of hydrogen-bond donors (Lipinski definition) is 1. The van der Waals surface area contributed by atoms with Crippen molar-refractivity contribution < 1.29 is 9.53 Å². The van der Waals surface area contributed by atoms with Gasteiger partial charge in [-0.25, -0.2) is 9.79 Å². The predicted molar refractivity (Wildman–Crippen MR) is 165 cm³/mol. The van der Waals surface area contributed by atoms with Crippen LogP contribution in [0, 0.1) is 0 Å². The number of fused-ring (bicyclic) bond motifs is 1. The molecule has 0 saturated carbocycles. The summed E-state index contributed by atoms with van der Waals surface area (Å²) in [6.07, 6.45) is 9.21. The van der Waals surface area contributed by atoms with Gasteiger partial charge in [0.25, 0.3) is 0 Å². The molecule has 1 aliphatic carbocycles. The molecule has 40 heavy (non-hydrogen) atoms. The first-order valence-electron chi connectivity index (χ1n) is 14.2. The molecule has 1 N–H and O–H groups in total. The fourth-order valence-corrected chi connectivity index (χ4v) is 5.58. The van der Waals surface area contributed by atoms with Crippen molar-refractivity contribution in [3.63, 3.8) is 0 Å². The number of hydrogen-bond acceptors (Lipinski definition) is 5. The number of nitrogens with zero attached hydrogens (tertiary/aromatic N) is 3. The zero-order valence-corrected chi connectivity index (χ0v) is 24.7. The number of ether oxygens (including phenoxy) is 1. The summed E-state index contributed by atoms with van der Waals surface area (Å²) < 4.78 is 5.53. The van der Waals surface area contributed by atoms with E-state index in [0.29, 0.717) is 13.1 Å². The van der Waals surface area contributed by atoms with Crippen LogP contribution in [-0.4, -0.2) is 48.5 Å². The Balaban J connectivity index is 1.30. The van der Waals surface area contributed by atoms with Crippen LogP contribution in [0.15, 0.2) is 88.7 Å². The number of aliphatic imine (C=N–C) groups is 1. The van der Waals surface area contributed by atoms with E-state index >= 15 is 0 Å². The Labute approximate surface area is 243 Å². The summed E-state index contributed by atoms with van der Waals surface area (Å²) in [5.74, 6) is 1.11. The molecule has 1 atom stereocenters. The summed E-state index contributed by atoms with van der Waals surface area (Å²) in [5, 5.41) is 4.38. The highest BCUT2D eigenvalue weighted by molar-refractivity contribution is 6.30. The van der Waals surface area contributed by atoms with Crippen molar-refractivity contribution in [2.75, 3.05) is 36.4 Å². The largest absolute Gasteiger partial charge is 0.444 e. The maximum atomic E-state index is 12.4. The second-order valence-electron chi connectivity index (χ2n) is 11.5. The summed E-state index contributed by atoms with van der Waals surface area (Å²) in [6.45, 7) is 10.7. The third kappa shape index (κ3) is 6.61.